The van der Waals surface area contributed by atoms with Gasteiger partial charge in [-0.25, -0.2) is 4.98 Å². The largest absolute Gasteiger partial charge is 0.353 e. The Bertz CT molecular complexity index is 669. The molecule has 1 amide bonds. The number of hydrogen-bond acceptors (Lipinski definition) is 3. The molecule has 1 aliphatic heterocycles. The highest BCUT2D eigenvalue weighted by atomic mass is 16.2. The maximum absolute atomic E-state index is 12.8. The summed E-state index contributed by atoms with van der Waals surface area (Å²) in [5.41, 5.74) is 1.98. The van der Waals surface area contributed by atoms with Crippen LogP contribution in [0.1, 0.15) is 35.8 Å². The molecular formula is C19H26N4O. The second-order valence-electron chi connectivity index (χ2n) is 6.41. The molecule has 1 fully saturated rings. The monoisotopic (exact) mass is 326 g/mol. The quantitative estimate of drug-likeness (QED) is 0.848. The molecule has 2 aromatic heterocycles. The molecule has 3 rings (SSSR count). The van der Waals surface area contributed by atoms with Crippen molar-refractivity contribution in [2.24, 2.45) is 0 Å². The Labute approximate surface area is 143 Å². The molecule has 1 aliphatic rings. The first-order valence-corrected chi connectivity index (χ1v) is 8.81. The van der Waals surface area contributed by atoms with Gasteiger partial charge in [-0.2, -0.15) is 0 Å². The standard InChI is InChI=1S/C19H26N4O/c1-3-4-9-21-10-5-6-17(21)19(24)23-13-11-22(12-14-23)18-8-7-16(2)15-20-18/h5-8,10,15H,3-4,9,11-14H2,1-2H3. The lowest BCUT2D eigenvalue weighted by Gasteiger charge is -2.35. The fourth-order valence-electron chi connectivity index (χ4n) is 3.08. The molecule has 0 N–H and O–H groups in total. The fourth-order valence-corrected chi connectivity index (χ4v) is 3.08. The van der Waals surface area contributed by atoms with E-state index in [-0.39, 0.29) is 5.91 Å². The smallest absolute Gasteiger partial charge is 0.270 e. The summed E-state index contributed by atoms with van der Waals surface area (Å²) in [5.74, 6) is 1.15. The van der Waals surface area contributed by atoms with Gasteiger partial charge < -0.3 is 14.4 Å². The van der Waals surface area contributed by atoms with E-state index >= 15 is 0 Å². The molecule has 0 radical (unpaired) electrons. The van der Waals surface area contributed by atoms with Gasteiger partial charge in [-0.3, -0.25) is 4.79 Å². The molecule has 0 aromatic carbocycles. The number of carbonyl (C=O) groups excluding carboxylic acids is 1. The minimum absolute atomic E-state index is 0.146. The lowest BCUT2D eigenvalue weighted by Crippen LogP contribution is -2.49. The van der Waals surface area contributed by atoms with Crippen molar-refractivity contribution in [1.82, 2.24) is 14.5 Å². The van der Waals surface area contributed by atoms with Gasteiger partial charge >= 0.3 is 0 Å². The van der Waals surface area contributed by atoms with Crippen LogP contribution in [0, 0.1) is 6.92 Å². The summed E-state index contributed by atoms with van der Waals surface area (Å²) in [6.45, 7) is 8.28. The van der Waals surface area contributed by atoms with Gasteiger partial charge in [-0.15, -0.1) is 0 Å². The van der Waals surface area contributed by atoms with Gasteiger partial charge in [0, 0.05) is 45.1 Å². The van der Waals surface area contributed by atoms with Crippen LogP contribution in [0.2, 0.25) is 0 Å². The Balaban J connectivity index is 1.61. The van der Waals surface area contributed by atoms with Crippen LogP contribution < -0.4 is 4.90 Å². The number of hydrogen-bond donors (Lipinski definition) is 0. The predicted octanol–water partition coefficient (Wildman–Crippen LogP) is 2.95. The Morgan fingerprint density at radius 2 is 1.96 bits per heavy atom. The van der Waals surface area contributed by atoms with Crippen LogP contribution in [0.25, 0.3) is 0 Å². The summed E-state index contributed by atoms with van der Waals surface area (Å²) in [7, 11) is 0. The third-order valence-electron chi connectivity index (χ3n) is 4.59. The van der Waals surface area contributed by atoms with Crippen molar-refractivity contribution in [3.05, 3.63) is 47.9 Å². The van der Waals surface area contributed by atoms with Crippen molar-refractivity contribution < 1.29 is 4.79 Å². The van der Waals surface area contributed by atoms with Gasteiger partial charge in [-0.1, -0.05) is 19.4 Å². The number of unbranched alkanes of at least 4 members (excludes halogenated alkanes) is 1. The zero-order valence-electron chi connectivity index (χ0n) is 14.6. The van der Waals surface area contributed by atoms with E-state index in [1.165, 1.54) is 5.56 Å². The minimum Gasteiger partial charge on any atom is -0.353 e. The number of pyridine rings is 1. The molecular weight excluding hydrogens is 300 g/mol. The van der Waals surface area contributed by atoms with Crippen LogP contribution >= 0.6 is 0 Å². The zero-order valence-corrected chi connectivity index (χ0v) is 14.6. The lowest BCUT2D eigenvalue weighted by molar-refractivity contribution is 0.0735. The van der Waals surface area contributed by atoms with Gasteiger partial charge in [0.15, 0.2) is 0 Å². The molecule has 0 unspecified atom stereocenters. The van der Waals surface area contributed by atoms with Crippen LogP contribution in [0.3, 0.4) is 0 Å². The molecule has 0 saturated carbocycles. The summed E-state index contributed by atoms with van der Waals surface area (Å²) < 4.78 is 2.08. The first-order chi connectivity index (χ1) is 11.7. The Morgan fingerprint density at radius 3 is 2.62 bits per heavy atom. The summed E-state index contributed by atoms with van der Waals surface area (Å²) in [4.78, 5) is 21.5. The van der Waals surface area contributed by atoms with E-state index in [2.05, 4.69) is 33.5 Å². The van der Waals surface area contributed by atoms with E-state index in [0.29, 0.717) is 0 Å². The summed E-state index contributed by atoms with van der Waals surface area (Å²) in [5, 5.41) is 0. The zero-order chi connectivity index (χ0) is 16.9. The topological polar surface area (TPSA) is 41.4 Å². The lowest BCUT2D eigenvalue weighted by atomic mass is 10.2. The van der Waals surface area contributed by atoms with Crippen LogP contribution in [0.4, 0.5) is 5.82 Å². The molecule has 5 nitrogen and oxygen atoms in total. The number of aryl methyl sites for hydroxylation is 2. The van der Waals surface area contributed by atoms with Crippen LogP contribution in [-0.2, 0) is 6.54 Å². The van der Waals surface area contributed by atoms with Gasteiger partial charge in [0.1, 0.15) is 11.5 Å². The van der Waals surface area contributed by atoms with Gasteiger partial charge in [0.25, 0.3) is 5.91 Å². The van der Waals surface area contributed by atoms with Crippen molar-refractivity contribution in [3.63, 3.8) is 0 Å². The van der Waals surface area contributed by atoms with E-state index in [9.17, 15) is 4.79 Å². The Kier molecular flexibility index (Phi) is 5.18. The average Bonchev–Trinajstić information content (AvgIpc) is 3.08. The minimum atomic E-state index is 0.146. The molecule has 2 aromatic rings. The van der Waals surface area contributed by atoms with Crippen LogP contribution in [0.5, 0.6) is 0 Å². The molecule has 0 aliphatic carbocycles. The van der Waals surface area contributed by atoms with E-state index in [1.807, 2.05) is 36.4 Å². The highest BCUT2D eigenvalue weighted by molar-refractivity contribution is 5.93. The van der Waals surface area contributed by atoms with E-state index in [1.54, 1.807) is 0 Å². The molecule has 0 bridgehead atoms. The Morgan fingerprint density at radius 1 is 1.17 bits per heavy atom. The molecule has 3 heterocycles. The SMILES string of the molecule is CCCCn1cccc1C(=O)N1CCN(c2ccc(C)cn2)CC1. The summed E-state index contributed by atoms with van der Waals surface area (Å²) in [6.07, 6.45) is 6.14. The van der Waals surface area contributed by atoms with E-state index < -0.39 is 0 Å². The maximum atomic E-state index is 12.8. The number of rotatable bonds is 5. The molecule has 24 heavy (non-hydrogen) atoms. The maximum Gasteiger partial charge on any atom is 0.270 e. The predicted molar refractivity (Wildman–Crippen MR) is 96.4 cm³/mol. The fraction of sp³-hybridized carbons (Fsp3) is 0.474. The number of aromatic nitrogens is 2. The van der Waals surface area contributed by atoms with Crippen LogP contribution in [-0.4, -0.2) is 46.5 Å². The summed E-state index contributed by atoms with van der Waals surface area (Å²) >= 11 is 0. The number of carbonyl (C=O) groups is 1. The molecule has 0 atom stereocenters. The highest BCUT2D eigenvalue weighted by Gasteiger charge is 2.24. The van der Waals surface area contributed by atoms with Gasteiger partial charge in [-0.05, 0) is 37.1 Å². The van der Waals surface area contributed by atoms with Crippen LogP contribution in [0.15, 0.2) is 36.7 Å². The first kappa shape index (κ1) is 16.6. The van der Waals surface area contributed by atoms with Crippen molar-refractivity contribution in [2.45, 2.75) is 33.2 Å². The highest BCUT2D eigenvalue weighted by Crippen LogP contribution is 2.16. The third kappa shape index (κ3) is 3.61. The number of anilines is 1. The molecule has 1 saturated heterocycles. The van der Waals surface area contributed by atoms with Gasteiger partial charge in [0.05, 0.1) is 0 Å². The number of piperazine rings is 1. The average molecular weight is 326 g/mol. The molecule has 128 valence electrons. The summed E-state index contributed by atoms with van der Waals surface area (Å²) in [6, 6.07) is 8.05. The van der Waals surface area contributed by atoms with Crippen molar-refractivity contribution in [2.75, 3.05) is 31.1 Å². The van der Waals surface area contributed by atoms with Gasteiger partial charge in [0.2, 0.25) is 0 Å². The van der Waals surface area contributed by atoms with Crippen molar-refractivity contribution in [1.29, 1.82) is 0 Å². The molecule has 5 heteroatoms. The van der Waals surface area contributed by atoms with Crippen molar-refractivity contribution >= 4 is 11.7 Å². The first-order valence-electron chi connectivity index (χ1n) is 8.81. The number of nitrogens with zero attached hydrogens (tertiary/aromatic N) is 4. The Hall–Kier alpha value is -2.30. The normalized spacial score (nSPS) is 14.9. The third-order valence-corrected chi connectivity index (χ3v) is 4.59. The number of amides is 1. The molecule has 0 spiro atoms. The second kappa shape index (κ2) is 7.51. The van der Waals surface area contributed by atoms with Crippen molar-refractivity contribution in [3.8, 4) is 0 Å². The van der Waals surface area contributed by atoms with E-state index in [0.717, 1.165) is 57.1 Å². The second-order valence-corrected chi connectivity index (χ2v) is 6.41. The van der Waals surface area contributed by atoms with E-state index in [4.69, 9.17) is 0 Å².